The second-order valence-electron chi connectivity index (χ2n) is 6.46. The van der Waals surface area contributed by atoms with E-state index in [0.717, 1.165) is 16.9 Å². The van der Waals surface area contributed by atoms with E-state index in [1.165, 1.54) is 0 Å². The maximum atomic E-state index is 12.1. The van der Waals surface area contributed by atoms with Crippen LogP contribution in [0.4, 0.5) is 0 Å². The Morgan fingerprint density at radius 1 is 0.952 bits per heavy atom. The molecular weight excluding hydrogens is 260 g/mol. The van der Waals surface area contributed by atoms with Crippen molar-refractivity contribution in [2.75, 3.05) is 0 Å². The number of carbonyl (C=O) groups excluding carboxylic acids is 1. The Morgan fingerprint density at radius 3 is 2.14 bits per heavy atom. The van der Waals surface area contributed by atoms with Gasteiger partial charge in [0.25, 0.3) is 0 Å². The first-order valence-corrected chi connectivity index (χ1v) is 7.24. The maximum absolute atomic E-state index is 12.1. The number of carbonyl (C=O) groups is 1. The maximum Gasteiger partial charge on any atom is 0.163 e. The molecule has 21 heavy (non-hydrogen) atoms. The van der Waals surface area contributed by atoms with Crippen LogP contribution in [0.3, 0.4) is 0 Å². The summed E-state index contributed by atoms with van der Waals surface area (Å²) in [6, 6.07) is 17.4. The molecular formula is C19H22O2. The first-order chi connectivity index (χ1) is 9.94. The Hall–Kier alpha value is -2.09. The quantitative estimate of drug-likeness (QED) is 0.730. The number of ketones is 1. The van der Waals surface area contributed by atoms with Crippen LogP contribution in [-0.4, -0.2) is 5.78 Å². The number of Topliss-reactive ketones (excluding diaryl/α,β-unsaturated/α-hetero) is 1. The van der Waals surface area contributed by atoms with Gasteiger partial charge in [0.05, 0.1) is 0 Å². The molecule has 0 radical (unpaired) electrons. The Balaban J connectivity index is 1.94. The highest BCUT2D eigenvalue weighted by Crippen LogP contribution is 2.22. The minimum atomic E-state index is 0.0135. The largest absolute Gasteiger partial charge is 0.489 e. The lowest BCUT2D eigenvalue weighted by Gasteiger charge is -2.16. The molecule has 0 aromatic heterocycles. The van der Waals surface area contributed by atoms with Crippen molar-refractivity contribution in [1.29, 1.82) is 0 Å². The normalized spacial score (nSPS) is 11.2. The summed E-state index contributed by atoms with van der Waals surface area (Å²) >= 11 is 0. The summed E-state index contributed by atoms with van der Waals surface area (Å²) in [7, 11) is 0. The van der Waals surface area contributed by atoms with Crippen LogP contribution in [0.25, 0.3) is 0 Å². The summed E-state index contributed by atoms with van der Waals surface area (Å²) < 4.78 is 5.72. The van der Waals surface area contributed by atoms with E-state index in [-0.39, 0.29) is 11.2 Å². The van der Waals surface area contributed by atoms with Gasteiger partial charge in [-0.1, -0.05) is 51.1 Å². The molecule has 2 rings (SSSR count). The van der Waals surface area contributed by atoms with Crippen molar-refractivity contribution in [2.45, 2.75) is 33.8 Å². The van der Waals surface area contributed by atoms with Crippen LogP contribution in [-0.2, 0) is 6.61 Å². The minimum Gasteiger partial charge on any atom is -0.489 e. The number of benzene rings is 2. The number of hydrogen-bond donors (Lipinski definition) is 0. The van der Waals surface area contributed by atoms with Gasteiger partial charge in [0.15, 0.2) is 5.78 Å². The van der Waals surface area contributed by atoms with Gasteiger partial charge in [-0.25, -0.2) is 0 Å². The summed E-state index contributed by atoms with van der Waals surface area (Å²) in [4.78, 5) is 12.1. The van der Waals surface area contributed by atoms with Gasteiger partial charge in [-0.15, -0.1) is 0 Å². The van der Waals surface area contributed by atoms with Crippen molar-refractivity contribution in [3.63, 3.8) is 0 Å². The van der Waals surface area contributed by atoms with Crippen molar-refractivity contribution in [3.8, 4) is 5.75 Å². The van der Waals surface area contributed by atoms with Crippen molar-refractivity contribution >= 4 is 5.78 Å². The molecule has 0 aliphatic carbocycles. The first-order valence-electron chi connectivity index (χ1n) is 7.24. The molecule has 110 valence electrons. The van der Waals surface area contributed by atoms with E-state index in [1.54, 1.807) is 0 Å². The summed E-state index contributed by atoms with van der Waals surface area (Å²) in [5.41, 5.74) is 1.89. The third-order valence-corrected chi connectivity index (χ3v) is 3.12. The fourth-order valence-corrected chi connectivity index (χ4v) is 2.06. The third kappa shape index (κ3) is 5.07. The van der Waals surface area contributed by atoms with Gasteiger partial charge >= 0.3 is 0 Å². The molecule has 2 aromatic carbocycles. The third-order valence-electron chi connectivity index (χ3n) is 3.12. The molecule has 0 aliphatic heterocycles. The molecule has 0 unspecified atom stereocenters. The Labute approximate surface area is 126 Å². The average Bonchev–Trinajstić information content (AvgIpc) is 2.45. The van der Waals surface area contributed by atoms with Crippen LogP contribution in [0.1, 0.15) is 43.1 Å². The summed E-state index contributed by atoms with van der Waals surface area (Å²) in [5.74, 6) is 0.961. The van der Waals surface area contributed by atoms with Crippen LogP contribution in [0.15, 0.2) is 54.6 Å². The standard InChI is InChI=1S/C19H22O2/c1-19(2,3)13-18(20)16-9-11-17(12-10-16)21-14-15-7-5-4-6-8-15/h4-12H,13-14H2,1-3H3. The first kappa shape index (κ1) is 15.3. The number of hydrogen-bond acceptors (Lipinski definition) is 2. The van der Waals surface area contributed by atoms with Gasteiger partial charge in [-0.3, -0.25) is 4.79 Å². The van der Waals surface area contributed by atoms with Gasteiger partial charge in [-0.05, 0) is 35.2 Å². The monoisotopic (exact) mass is 282 g/mol. The fraction of sp³-hybridized carbons (Fsp3) is 0.316. The molecule has 2 aromatic rings. The zero-order valence-electron chi connectivity index (χ0n) is 12.9. The Bertz CT molecular complexity index is 577. The van der Waals surface area contributed by atoms with Crippen LogP contribution < -0.4 is 4.74 Å². The van der Waals surface area contributed by atoms with Gasteiger partial charge in [0, 0.05) is 12.0 Å². The van der Waals surface area contributed by atoms with Crippen molar-refractivity contribution in [2.24, 2.45) is 5.41 Å². The van der Waals surface area contributed by atoms with Crippen molar-refractivity contribution < 1.29 is 9.53 Å². The molecule has 0 bridgehead atoms. The molecule has 0 amide bonds. The summed E-state index contributed by atoms with van der Waals surface area (Å²) in [6.07, 6.45) is 0.553. The van der Waals surface area contributed by atoms with E-state index < -0.39 is 0 Å². The van der Waals surface area contributed by atoms with E-state index >= 15 is 0 Å². The molecule has 2 nitrogen and oxygen atoms in total. The topological polar surface area (TPSA) is 26.3 Å². The van der Waals surface area contributed by atoms with Gasteiger partial charge in [-0.2, -0.15) is 0 Å². The van der Waals surface area contributed by atoms with E-state index in [1.807, 2.05) is 54.6 Å². The van der Waals surface area contributed by atoms with E-state index in [4.69, 9.17) is 4.74 Å². The average molecular weight is 282 g/mol. The summed E-state index contributed by atoms with van der Waals surface area (Å²) in [6.45, 7) is 6.75. The van der Waals surface area contributed by atoms with Gasteiger partial charge < -0.3 is 4.74 Å². The summed E-state index contributed by atoms with van der Waals surface area (Å²) in [5, 5.41) is 0. The molecule has 0 N–H and O–H groups in total. The van der Waals surface area contributed by atoms with Crippen LogP contribution in [0.2, 0.25) is 0 Å². The molecule has 2 heteroatoms. The zero-order chi connectivity index (χ0) is 15.3. The Kier molecular flexibility index (Phi) is 4.79. The lowest BCUT2D eigenvalue weighted by molar-refractivity contribution is 0.0940. The predicted octanol–water partition coefficient (Wildman–Crippen LogP) is 4.88. The predicted molar refractivity (Wildman–Crippen MR) is 85.6 cm³/mol. The smallest absolute Gasteiger partial charge is 0.163 e. The highest BCUT2D eigenvalue weighted by atomic mass is 16.5. The fourth-order valence-electron chi connectivity index (χ4n) is 2.06. The van der Waals surface area contributed by atoms with Crippen LogP contribution in [0.5, 0.6) is 5.75 Å². The molecule has 0 heterocycles. The lowest BCUT2D eigenvalue weighted by atomic mass is 9.88. The van der Waals surface area contributed by atoms with E-state index in [2.05, 4.69) is 20.8 Å². The van der Waals surface area contributed by atoms with Crippen LogP contribution >= 0.6 is 0 Å². The highest BCUT2D eigenvalue weighted by Gasteiger charge is 2.17. The SMILES string of the molecule is CC(C)(C)CC(=O)c1ccc(OCc2ccccc2)cc1. The number of rotatable bonds is 5. The molecule has 0 saturated heterocycles. The van der Waals surface area contributed by atoms with Gasteiger partial charge in [0.2, 0.25) is 0 Å². The van der Waals surface area contributed by atoms with E-state index in [0.29, 0.717) is 13.0 Å². The molecule has 0 saturated carbocycles. The van der Waals surface area contributed by atoms with E-state index in [9.17, 15) is 4.79 Å². The highest BCUT2D eigenvalue weighted by molar-refractivity contribution is 5.96. The molecule has 0 fully saturated rings. The van der Waals surface area contributed by atoms with Crippen molar-refractivity contribution in [3.05, 3.63) is 65.7 Å². The second kappa shape index (κ2) is 6.57. The molecule has 0 aliphatic rings. The zero-order valence-corrected chi connectivity index (χ0v) is 12.9. The second-order valence-corrected chi connectivity index (χ2v) is 6.46. The van der Waals surface area contributed by atoms with Gasteiger partial charge in [0.1, 0.15) is 12.4 Å². The lowest BCUT2D eigenvalue weighted by Crippen LogP contribution is -2.12. The Morgan fingerprint density at radius 2 is 1.57 bits per heavy atom. The molecule has 0 spiro atoms. The minimum absolute atomic E-state index is 0.0135. The molecule has 0 atom stereocenters. The van der Waals surface area contributed by atoms with Crippen molar-refractivity contribution in [1.82, 2.24) is 0 Å². The number of ether oxygens (including phenoxy) is 1. The van der Waals surface area contributed by atoms with Crippen LogP contribution in [0, 0.1) is 5.41 Å².